The van der Waals surface area contributed by atoms with Crippen molar-refractivity contribution in [2.75, 3.05) is 19.0 Å². The van der Waals surface area contributed by atoms with Crippen molar-refractivity contribution < 1.29 is 18.3 Å². The molecule has 5 aromatic rings. The number of hydrogen-bond acceptors (Lipinski definition) is 10. The van der Waals surface area contributed by atoms with Gasteiger partial charge in [-0.05, 0) is 49.6 Å². The highest BCUT2D eigenvalue weighted by atomic mass is 19.3. The molecule has 0 saturated carbocycles. The number of rotatable bonds is 8. The number of fused-ring (bicyclic) bond motifs is 1. The molecule has 1 fully saturated rings. The fourth-order valence-electron chi connectivity index (χ4n) is 5.10. The summed E-state index contributed by atoms with van der Waals surface area (Å²) in [5.41, 5.74) is 3.56. The van der Waals surface area contributed by atoms with Gasteiger partial charge >= 0.3 is 0 Å². The van der Waals surface area contributed by atoms with E-state index in [9.17, 15) is 8.78 Å². The number of aromatic nitrogens is 9. The molecule has 1 aromatic carbocycles. The molecule has 1 N–H and O–H groups in total. The van der Waals surface area contributed by atoms with Crippen LogP contribution in [0.3, 0.4) is 0 Å². The molecule has 1 atom stereocenters. The van der Waals surface area contributed by atoms with E-state index in [-0.39, 0.29) is 23.4 Å². The van der Waals surface area contributed by atoms with Gasteiger partial charge in [-0.3, -0.25) is 9.55 Å². The van der Waals surface area contributed by atoms with Gasteiger partial charge in [0.2, 0.25) is 5.82 Å². The summed E-state index contributed by atoms with van der Waals surface area (Å²) in [5, 5.41) is 15.6. The van der Waals surface area contributed by atoms with Gasteiger partial charge in [-0.15, -0.1) is 15.2 Å². The average molecular weight is 588 g/mol. The molecule has 4 aromatic heterocycles. The number of halogens is 2. The van der Waals surface area contributed by atoms with E-state index in [0.717, 1.165) is 12.8 Å². The molecule has 1 aliphatic heterocycles. The summed E-state index contributed by atoms with van der Waals surface area (Å²) in [6.45, 7) is 9.57. The first-order chi connectivity index (χ1) is 20.9. The van der Waals surface area contributed by atoms with E-state index in [1.807, 2.05) is 0 Å². The summed E-state index contributed by atoms with van der Waals surface area (Å²) in [7, 11) is 3.18. The smallest absolute Gasteiger partial charge is 0.295 e. The van der Waals surface area contributed by atoms with Crippen LogP contribution in [-0.2, 0) is 18.2 Å². The molecule has 0 amide bonds. The lowest BCUT2D eigenvalue weighted by Gasteiger charge is -2.25. The lowest BCUT2D eigenvalue weighted by atomic mass is 10.1. The standard InChI is InChI=1S/C28H27F2N11O2/c1-15-25(31-2)33-17(14-32-15)12-16-13-20(35-19-9-7-8-18(23(19)42-4)26-37-39-40(3)38-26)22-27(34-16)41(28(36-22)24(29)30)21-10-5-6-11-43-21/h7-9,13-14,21,24H,5-6,10-12H2,1,3-4H3,(H,34,35). The SMILES string of the molecule is [C-]#[N+]c1nc(Cc2cc(Nc3cccc(-c4nnn(C)n4)c3OC)c3nc(C(F)F)n(C4CCCCO4)c3n2)cnc1C. The van der Waals surface area contributed by atoms with E-state index in [4.69, 9.17) is 21.0 Å². The highest BCUT2D eigenvalue weighted by Crippen LogP contribution is 2.39. The van der Waals surface area contributed by atoms with Crippen molar-refractivity contribution in [1.29, 1.82) is 0 Å². The van der Waals surface area contributed by atoms with Crippen LogP contribution in [0.4, 0.5) is 26.0 Å². The highest BCUT2D eigenvalue weighted by molar-refractivity contribution is 5.91. The molecule has 5 heterocycles. The van der Waals surface area contributed by atoms with Crippen molar-refractivity contribution in [3.8, 4) is 17.1 Å². The third kappa shape index (κ3) is 5.44. The third-order valence-corrected chi connectivity index (χ3v) is 7.05. The number of alkyl halides is 2. The van der Waals surface area contributed by atoms with Crippen molar-refractivity contribution in [2.24, 2.45) is 7.05 Å². The Morgan fingerprint density at radius 1 is 1.19 bits per heavy atom. The van der Waals surface area contributed by atoms with Crippen LogP contribution in [0, 0.1) is 13.5 Å². The van der Waals surface area contributed by atoms with Gasteiger partial charge in [-0.1, -0.05) is 12.6 Å². The van der Waals surface area contributed by atoms with Crippen LogP contribution in [0.5, 0.6) is 5.75 Å². The zero-order chi connectivity index (χ0) is 30.1. The third-order valence-electron chi connectivity index (χ3n) is 7.05. The van der Waals surface area contributed by atoms with Gasteiger partial charge in [0.05, 0.1) is 55.1 Å². The Balaban J connectivity index is 1.51. The largest absolute Gasteiger partial charge is 0.494 e. The number of hydrogen-bond donors (Lipinski definition) is 1. The minimum atomic E-state index is -2.86. The van der Waals surface area contributed by atoms with E-state index in [2.05, 4.69) is 40.5 Å². The lowest BCUT2D eigenvalue weighted by Crippen LogP contribution is -2.20. The molecule has 0 aliphatic carbocycles. The maximum Gasteiger partial charge on any atom is 0.295 e. The lowest BCUT2D eigenvalue weighted by molar-refractivity contribution is -0.0363. The number of anilines is 2. The van der Waals surface area contributed by atoms with Gasteiger partial charge in [-0.25, -0.2) is 18.7 Å². The van der Waals surface area contributed by atoms with Crippen LogP contribution in [0.2, 0.25) is 0 Å². The zero-order valence-electron chi connectivity index (χ0n) is 23.6. The molecular formula is C28H27F2N11O2. The van der Waals surface area contributed by atoms with Crippen LogP contribution < -0.4 is 10.1 Å². The fraction of sp³-hybridized carbons (Fsp3) is 0.357. The second-order valence-electron chi connectivity index (χ2n) is 9.97. The van der Waals surface area contributed by atoms with E-state index in [1.54, 1.807) is 44.4 Å². The first-order valence-electron chi connectivity index (χ1n) is 13.6. The number of aryl methyl sites for hydroxylation is 2. The number of tetrazole rings is 1. The monoisotopic (exact) mass is 587 g/mol. The maximum absolute atomic E-state index is 14.4. The van der Waals surface area contributed by atoms with Gasteiger partial charge in [0.25, 0.3) is 12.2 Å². The number of methoxy groups -OCH3 is 1. The average Bonchev–Trinajstić information content (AvgIpc) is 3.62. The molecule has 13 nitrogen and oxygen atoms in total. The van der Waals surface area contributed by atoms with E-state index >= 15 is 0 Å². The minimum absolute atomic E-state index is 0.191. The van der Waals surface area contributed by atoms with E-state index in [0.29, 0.717) is 58.6 Å². The van der Waals surface area contributed by atoms with Crippen molar-refractivity contribution >= 4 is 28.4 Å². The second kappa shape index (κ2) is 11.6. The summed E-state index contributed by atoms with van der Waals surface area (Å²) in [6.07, 6.45) is 0.518. The Bertz CT molecular complexity index is 1840. The van der Waals surface area contributed by atoms with Gasteiger partial charge in [-0.2, -0.15) is 4.80 Å². The molecule has 1 saturated heterocycles. The van der Waals surface area contributed by atoms with Crippen molar-refractivity contribution in [2.45, 2.75) is 45.3 Å². The van der Waals surface area contributed by atoms with Crippen LogP contribution in [0.1, 0.15) is 54.8 Å². The number of nitrogens with zero attached hydrogens (tertiary/aromatic N) is 10. The predicted molar refractivity (Wildman–Crippen MR) is 151 cm³/mol. The molecule has 220 valence electrons. The second-order valence-corrected chi connectivity index (χ2v) is 9.97. The zero-order valence-corrected chi connectivity index (χ0v) is 23.6. The highest BCUT2D eigenvalue weighted by Gasteiger charge is 2.29. The van der Waals surface area contributed by atoms with Crippen LogP contribution in [0.25, 0.3) is 27.4 Å². The number of nitrogens with one attached hydrogen (secondary N) is 1. The predicted octanol–water partition coefficient (Wildman–Crippen LogP) is 5.25. The molecule has 6 rings (SSSR count). The summed E-state index contributed by atoms with van der Waals surface area (Å²) < 4.78 is 41.9. The minimum Gasteiger partial charge on any atom is -0.494 e. The van der Waals surface area contributed by atoms with E-state index in [1.165, 1.54) is 16.5 Å². The Morgan fingerprint density at radius 3 is 2.74 bits per heavy atom. The van der Waals surface area contributed by atoms with Crippen LogP contribution in [-0.4, -0.2) is 58.4 Å². The Labute approximate surface area is 244 Å². The van der Waals surface area contributed by atoms with Gasteiger partial charge in [0, 0.05) is 6.61 Å². The Hall–Kier alpha value is -5.10. The molecular weight excluding hydrogens is 560 g/mol. The quantitative estimate of drug-likeness (QED) is 0.240. The van der Waals surface area contributed by atoms with Crippen molar-refractivity contribution in [1.82, 2.24) is 44.7 Å². The number of pyridine rings is 1. The van der Waals surface area contributed by atoms with Gasteiger partial charge < -0.3 is 19.6 Å². The first-order valence-corrected chi connectivity index (χ1v) is 13.6. The summed E-state index contributed by atoms with van der Waals surface area (Å²) in [4.78, 5) is 22.6. The number of benzene rings is 1. The Kier molecular flexibility index (Phi) is 7.59. The molecule has 0 radical (unpaired) electrons. The van der Waals surface area contributed by atoms with Crippen LogP contribution >= 0.6 is 0 Å². The molecule has 1 unspecified atom stereocenters. The molecule has 1 aliphatic rings. The molecule has 0 bridgehead atoms. The Morgan fingerprint density at radius 2 is 2.05 bits per heavy atom. The summed E-state index contributed by atoms with van der Waals surface area (Å²) >= 11 is 0. The van der Waals surface area contributed by atoms with Crippen molar-refractivity contribution in [3.63, 3.8) is 0 Å². The topological polar surface area (TPSA) is 135 Å². The van der Waals surface area contributed by atoms with E-state index < -0.39 is 18.5 Å². The molecule has 43 heavy (non-hydrogen) atoms. The normalized spacial score (nSPS) is 15.1. The molecule has 15 heteroatoms. The summed E-state index contributed by atoms with van der Waals surface area (Å²) in [5.74, 6) is 0.550. The fourth-order valence-corrected chi connectivity index (χ4v) is 5.10. The number of imidazole rings is 1. The summed E-state index contributed by atoms with van der Waals surface area (Å²) in [6, 6.07) is 7.10. The number of para-hydroxylation sites is 1. The number of ether oxygens (including phenoxy) is 2. The molecule has 0 spiro atoms. The maximum atomic E-state index is 14.4. The van der Waals surface area contributed by atoms with Crippen molar-refractivity contribution in [3.05, 3.63) is 64.8 Å². The first kappa shape index (κ1) is 28.0. The van der Waals surface area contributed by atoms with Gasteiger partial charge in [0.1, 0.15) is 11.7 Å². The van der Waals surface area contributed by atoms with Gasteiger partial charge in [0.15, 0.2) is 22.9 Å². The van der Waals surface area contributed by atoms with Crippen LogP contribution in [0.15, 0.2) is 30.5 Å².